The Bertz CT molecular complexity index is 176. The summed E-state index contributed by atoms with van der Waals surface area (Å²) in [6.07, 6.45) is -4.31. The summed E-state index contributed by atoms with van der Waals surface area (Å²) in [6, 6.07) is 0. The van der Waals surface area contributed by atoms with Crippen LogP contribution in [-0.4, -0.2) is 55.0 Å². The Kier molecular flexibility index (Phi) is 7.70. The summed E-state index contributed by atoms with van der Waals surface area (Å²) in [5.74, 6) is 0. The third kappa shape index (κ3) is 8.94. The molecular weight excluding hydrogens is 221 g/mol. The number of rotatable bonds is 8. The first-order valence-electron chi connectivity index (χ1n) is 5.57. The number of aliphatic hydroxyl groups is 1. The molecule has 1 unspecified atom stereocenters. The Hall–Kier alpha value is -0.330. The largest absolute Gasteiger partial charge is 0.401 e. The van der Waals surface area contributed by atoms with E-state index in [4.69, 9.17) is 0 Å². The topological polar surface area (TPSA) is 35.5 Å². The minimum atomic E-state index is -4.20. The molecule has 0 aliphatic heterocycles. The molecule has 6 heteroatoms. The van der Waals surface area contributed by atoms with E-state index in [-0.39, 0.29) is 6.54 Å². The molecule has 98 valence electrons. The summed E-state index contributed by atoms with van der Waals surface area (Å²) in [4.78, 5) is 1.24. The Morgan fingerprint density at radius 3 is 2.38 bits per heavy atom. The SMILES string of the molecule is CCCN(CC(O)CNCC)CC(F)(F)F. The molecule has 0 rings (SSSR count). The Morgan fingerprint density at radius 2 is 1.94 bits per heavy atom. The third-order valence-corrected chi connectivity index (χ3v) is 2.04. The van der Waals surface area contributed by atoms with Crippen LogP contribution in [0, 0.1) is 0 Å². The van der Waals surface area contributed by atoms with E-state index < -0.39 is 18.8 Å². The van der Waals surface area contributed by atoms with Crippen LogP contribution < -0.4 is 5.32 Å². The summed E-state index contributed by atoms with van der Waals surface area (Å²) in [6.45, 7) is 4.18. The molecule has 0 radical (unpaired) electrons. The highest BCUT2D eigenvalue weighted by atomic mass is 19.4. The van der Waals surface area contributed by atoms with E-state index in [1.165, 1.54) is 4.90 Å². The lowest BCUT2D eigenvalue weighted by molar-refractivity contribution is -0.148. The van der Waals surface area contributed by atoms with Gasteiger partial charge in [0.2, 0.25) is 0 Å². The number of aliphatic hydroxyl groups excluding tert-OH is 1. The fraction of sp³-hybridized carbons (Fsp3) is 1.00. The zero-order valence-corrected chi connectivity index (χ0v) is 9.85. The first-order valence-corrected chi connectivity index (χ1v) is 5.57. The van der Waals surface area contributed by atoms with Crippen LogP contribution in [-0.2, 0) is 0 Å². The van der Waals surface area contributed by atoms with Gasteiger partial charge in [-0.05, 0) is 19.5 Å². The fourth-order valence-corrected chi connectivity index (χ4v) is 1.48. The van der Waals surface area contributed by atoms with Crippen LogP contribution >= 0.6 is 0 Å². The van der Waals surface area contributed by atoms with Gasteiger partial charge in [0.15, 0.2) is 0 Å². The molecule has 0 aromatic carbocycles. The molecule has 1 atom stereocenters. The minimum Gasteiger partial charge on any atom is -0.390 e. The van der Waals surface area contributed by atoms with Crippen molar-refractivity contribution in [2.75, 3.05) is 32.7 Å². The second-order valence-electron chi connectivity index (χ2n) is 3.81. The normalized spacial score (nSPS) is 14.4. The number of halogens is 3. The highest BCUT2D eigenvalue weighted by Gasteiger charge is 2.30. The fourth-order valence-electron chi connectivity index (χ4n) is 1.48. The molecule has 0 aromatic rings. The summed E-state index contributed by atoms with van der Waals surface area (Å²) >= 11 is 0. The number of hydrogen-bond acceptors (Lipinski definition) is 3. The molecule has 0 aliphatic carbocycles. The highest BCUT2D eigenvalue weighted by Crippen LogP contribution is 2.16. The first-order chi connectivity index (χ1) is 7.39. The van der Waals surface area contributed by atoms with Gasteiger partial charge >= 0.3 is 6.18 Å². The monoisotopic (exact) mass is 242 g/mol. The van der Waals surface area contributed by atoms with E-state index in [9.17, 15) is 18.3 Å². The van der Waals surface area contributed by atoms with E-state index in [0.29, 0.717) is 26.1 Å². The predicted molar refractivity (Wildman–Crippen MR) is 57.3 cm³/mol. The summed E-state index contributed by atoms with van der Waals surface area (Å²) in [5.41, 5.74) is 0. The molecule has 0 saturated heterocycles. The van der Waals surface area contributed by atoms with Gasteiger partial charge in [0.25, 0.3) is 0 Å². The van der Waals surface area contributed by atoms with Gasteiger partial charge in [0, 0.05) is 13.1 Å². The maximum absolute atomic E-state index is 12.2. The van der Waals surface area contributed by atoms with Crippen LogP contribution in [0.2, 0.25) is 0 Å². The lowest BCUT2D eigenvalue weighted by Crippen LogP contribution is -2.42. The molecule has 0 spiro atoms. The Balaban J connectivity index is 4.01. The van der Waals surface area contributed by atoms with Gasteiger partial charge in [-0.15, -0.1) is 0 Å². The Morgan fingerprint density at radius 1 is 1.31 bits per heavy atom. The van der Waals surface area contributed by atoms with Crippen LogP contribution in [0.1, 0.15) is 20.3 Å². The lowest BCUT2D eigenvalue weighted by Gasteiger charge is -2.25. The van der Waals surface area contributed by atoms with Crippen LogP contribution in [0.4, 0.5) is 13.2 Å². The van der Waals surface area contributed by atoms with Gasteiger partial charge in [0.05, 0.1) is 12.6 Å². The van der Waals surface area contributed by atoms with Crippen molar-refractivity contribution in [1.29, 1.82) is 0 Å². The molecular formula is C10H21F3N2O. The third-order valence-electron chi connectivity index (χ3n) is 2.04. The lowest BCUT2D eigenvalue weighted by atomic mass is 10.3. The van der Waals surface area contributed by atoms with Crippen molar-refractivity contribution in [1.82, 2.24) is 10.2 Å². The molecule has 0 aromatic heterocycles. The average molecular weight is 242 g/mol. The van der Waals surface area contributed by atoms with Crippen molar-refractivity contribution in [3.63, 3.8) is 0 Å². The predicted octanol–water partition coefficient (Wildman–Crippen LogP) is 1.23. The molecule has 0 saturated carbocycles. The van der Waals surface area contributed by atoms with Crippen LogP contribution in [0.15, 0.2) is 0 Å². The summed E-state index contributed by atoms with van der Waals surface area (Å²) in [7, 11) is 0. The van der Waals surface area contributed by atoms with E-state index in [1.54, 1.807) is 0 Å². The number of alkyl halides is 3. The van der Waals surface area contributed by atoms with Crippen molar-refractivity contribution in [2.24, 2.45) is 0 Å². The quantitative estimate of drug-likeness (QED) is 0.672. The summed E-state index contributed by atoms with van der Waals surface area (Å²) in [5, 5.41) is 12.4. The van der Waals surface area contributed by atoms with Gasteiger partial charge in [-0.25, -0.2) is 0 Å². The Labute approximate surface area is 94.6 Å². The molecule has 0 heterocycles. The molecule has 3 nitrogen and oxygen atoms in total. The van der Waals surface area contributed by atoms with E-state index in [2.05, 4.69) is 5.32 Å². The van der Waals surface area contributed by atoms with Crippen molar-refractivity contribution >= 4 is 0 Å². The van der Waals surface area contributed by atoms with Crippen molar-refractivity contribution in [3.05, 3.63) is 0 Å². The van der Waals surface area contributed by atoms with Crippen LogP contribution in [0.25, 0.3) is 0 Å². The number of nitrogens with zero attached hydrogens (tertiary/aromatic N) is 1. The molecule has 16 heavy (non-hydrogen) atoms. The smallest absolute Gasteiger partial charge is 0.390 e. The molecule has 0 amide bonds. The molecule has 2 N–H and O–H groups in total. The van der Waals surface area contributed by atoms with Crippen LogP contribution in [0.3, 0.4) is 0 Å². The standard InChI is InChI=1S/C10H21F3N2O/c1-3-5-15(8-10(11,12)13)7-9(16)6-14-4-2/h9,14,16H,3-8H2,1-2H3. The number of likely N-dealkylation sites (N-methyl/N-ethyl adjacent to an activating group) is 1. The van der Waals surface area contributed by atoms with Gasteiger partial charge < -0.3 is 10.4 Å². The first kappa shape index (κ1) is 15.7. The molecule has 0 fully saturated rings. The van der Waals surface area contributed by atoms with Gasteiger partial charge in [-0.1, -0.05) is 13.8 Å². The minimum absolute atomic E-state index is 0.0559. The highest BCUT2D eigenvalue weighted by molar-refractivity contribution is 4.69. The van der Waals surface area contributed by atoms with Crippen LogP contribution in [0.5, 0.6) is 0 Å². The summed E-state index contributed by atoms with van der Waals surface area (Å²) < 4.78 is 36.6. The van der Waals surface area contributed by atoms with Crippen molar-refractivity contribution in [2.45, 2.75) is 32.5 Å². The second-order valence-corrected chi connectivity index (χ2v) is 3.81. The van der Waals surface area contributed by atoms with E-state index in [1.807, 2.05) is 13.8 Å². The maximum Gasteiger partial charge on any atom is 0.401 e. The maximum atomic E-state index is 12.2. The van der Waals surface area contributed by atoms with Crippen molar-refractivity contribution < 1.29 is 18.3 Å². The van der Waals surface area contributed by atoms with Gasteiger partial charge in [-0.2, -0.15) is 13.2 Å². The molecule has 0 aliphatic rings. The van der Waals surface area contributed by atoms with E-state index in [0.717, 1.165) is 0 Å². The number of hydrogen-bond donors (Lipinski definition) is 2. The van der Waals surface area contributed by atoms with Crippen molar-refractivity contribution in [3.8, 4) is 0 Å². The zero-order chi connectivity index (χ0) is 12.6. The second kappa shape index (κ2) is 7.86. The van der Waals surface area contributed by atoms with E-state index >= 15 is 0 Å². The average Bonchev–Trinajstić information content (AvgIpc) is 2.12. The zero-order valence-electron chi connectivity index (χ0n) is 9.85. The molecule has 0 bridgehead atoms. The number of nitrogens with one attached hydrogen (secondary N) is 1. The van der Waals surface area contributed by atoms with Gasteiger partial charge in [0.1, 0.15) is 0 Å². The van der Waals surface area contributed by atoms with Gasteiger partial charge in [-0.3, -0.25) is 4.90 Å².